The van der Waals surface area contributed by atoms with Crippen molar-refractivity contribution < 1.29 is 4.79 Å². The van der Waals surface area contributed by atoms with E-state index in [9.17, 15) is 4.79 Å². The predicted molar refractivity (Wildman–Crippen MR) is 56.8 cm³/mol. The second-order valence-electron chi connectivity index (χ2n) is 2.56. The molecule has 1 amide bonds. The summed E-state index contributed by atoms with van der Waals surface area (Å²) in [6, 6.07) is 1.52. The summed E-state index contributed by atoms with van der Waals surface area (Å²) < 4.78 is 0. The van der Waals surface area contributed by atoms with Crippen molar-refractivity contribution in [1.82, 2.24) is 10.3 Å². The molecule has 0 saturated carbocycles. The standard InChI is InChI=1S/C8H9Cl2N3O/c1-11-4-7(14)13-8-6(10)2-5(9)3-12-8/h2-3,11H,4H2,1H3,(H,12,13,14). The Bertz CT molecular complexity index is 343. The molecule has 76 valence electrons. The number of anilines is 1. The van der Waals surface area contributed by atoms with E-state index in [4.69, 9.17) is 23.2 Å². The SMILES string of the molecule is CNCC(=O)Nc1ncc(Cl)cc1Cl. The Morgan fingerprint density at radius 1 is 1.57 bits per heavy atom. The molecule has 14 heavy (non-hydrogen) atoms. The predicted octanol–water partition coefficient (Wildman–Crippen LogP) is 1.55. The van der Waals surface area contributed by atoms with E-state index < -0.39 is 0 Å². The van der Waals surface area contributed by atoms with Crippen LogP contribution in [0.3, 0.4) is 0 Å². The van der Waals surface area contributed by atoms with Gasteiger partial charge in [-0.2, -0.15) is 0 Å². The fraction of sp³-hybridized carbons (Fsp3) is 0.250. The van der Waals surface area contributed by atoms with Gasteiger partial charge in [-0.05, 0) is 13.1 Å². The molecule has 0 saturated heterocycles. The van der Waals surface area contributed by atoms with Gasteiger partial charge in [0.25, 0.3) is 0 Å². The van der Waals surface area contributed by atoms with Crippen molar-refractivity contribution in [3.05, 3.63) is 22.3 Å². The zero-order valence-corrected chi connectivity index (χ0v) is 8.99. The number of hydrogen-bond donors (Lipinski definition) is 2. The molecule has 0 radical (unpaired) electrons. The van der Waals surface area contributed by atoms with Crippen molar-refractivity contribution in [2.75, 3.05) is 18.9 Å². The third-order valence-electron chi connectivity index (χ3n) is 1.40. The van der Waals surface area contributed by atoms with Crippen LogP contribution in [0.2, 0.25) is 10.0 Å². The lowest BCUT2D eigenvalue weighted by molar-refractivity contribution is -0.115. The minimum absolute atomic E-state index is 0.204. The summed E-state index contributed by atoms with van der Waals surface area (Å²) in [5, 5.41) is 6.00. The first-order chi connectivity index (χ1) is 6.63. The Morgan fingerprint density at radius 3 is 2.86 bits per heavy atom. The minimum atomic E-state index is -0.204. The lowest BCUT2D eigenvalue weighted by Crippen LogP contribution is -2.25. The first kappa shape index (κ1) is 11.2. The molecule has 0 atom stereocenters. The van der Waals surface area contributed by atoms with Crippen molar-refractivity contribution in [2.24, 2.45) is 0 Å². The van der Waals surface area contributed by atoms with Crippen LogP contribution in [0.4, 0.5) is 5.82 Å². The van der Waals surface area contributed by atoms with Crippen LogP contribution in [-0.2, 0) is 4.79 Å². The lowest BCUT2D eigenvalue weighted by Gasteiger charge is -2.05. The number of nitrogens with one attached hydrogen (secondary N) is 2. The molecule has 0 bridgehead atoms. The van der Waals surface area contributed by atoms with E-state index in [2.05, 4.69) is 15.6 Å². The van der Waals surface area contributed by atoms with Gasteiger partial charge >= 0.3 is 0 Å². The van der Waals surface area contributed by atoms with Gasteiger partial charge < -0.3 is 10.6 Å². The summed E-state index contributed by atoms with van der Waals surface area (Å²) in [6.07, 6.45) is 1.42. The highest BCUT2D eigenvalue weighted by atomic mass is 35.5. The van der Waals surface area contributed by atoms with Crippen molar-refractivity contribution in [1.29, 1.82) is 0 Å². The molecule has 1 aromatic heterocycles. The van der Waals surface area contributed by atoms with Gasteiger partial charge in [-0.3, -0.25) is 4.79 Å². The third-order valence-corrected chi connectivity index (χ3v) is 1.90. The Labute approximate surface area is 91.6 Å². The minimum Gasteiger partial charge on any atom is -0.311 e. The summed E-state index contributed by atoms with van der Waals surface area (Å²) in [5.41, 5.74) is 0. The maximum absolute atomic E-state index is 11.1. The first-order valence-electron chi connectivity index (χ1n) is 3.89. The highest BCUT2D eigenvalue weighted by Crippen LogP contribution is 2.22. The number of likely N-dealkylation sites (N-methyl/N-ethyl adjacent to an activating group) is 1. The van der Waals surface area contributed by atoms with Crippen molar-refractivity contribution in [2.45, 2.75) is 0 Å². The van der Waals surface area contributed by atoms with Crippen LogP contribution in [0.25, 0.3) is 0 Å². The molecule has 0 aliphatic rings. The van der Waals surface area contributed by atoms with E-state index in [1.807, 2.05) is 0 Å². The second-order valence-corrected chi connectivity index (χ2v) is 3.41. The van der Waals surface area contributed by atoms with Gasteiger partial charge in [0.15, 0.2) is 5.82 Å². The van der Waals surface area contributed by atoms with Gasteiger partial charge in [-0.1, -0.05) is 23.2 Å². The van der Waals surface area contributed by atoms with Crippen LogP contribution >= 0.6 is 23.2 Å². The van der Waals surface area contributed by atoms with Crippen LogP contribution in [0.15, 0.2) is 12.3 Å². The van der Waals surface area contributed by atoms with E-state index in [-0.39, 0.29) is 12.5 Å². The van der Waals surface area contributed by atoms with Gasteiger partial charge in [-0.15, -0.1) is 0 Å². The van der Waals surface area contributed by atoms with Crippen molar-refractivity contribution in [3.8, 4) is 0 Å². The molecule has 1 heterocycles. The maximum atomic E-state index is 11.1. The molecule has 4 nitrogen and oxygen atoms in total. The maximum Gasteiger partial charge on any atom is 0.239 e. The smallest absolute Gasteiger partial charge is 0.239 e. The summed E-state index contributed by atoms with van der Waals surface area (Å²) in [6.45, 7) is 0.209. The van der Waals surface area contributed by atoms with Crippen molar-refractivity contribution in [3.63, 3.8) is 0 Å². The fourth-order valence-corrected chi connectivity index (χ4v) is 1.27. The van der Waals surface area contributed by atoms with Gasteiger partial charge in [0.2, 0.25) is 5.91 Å². The lowest BCUT2D eigenvalue weighted by atomic mass is 10.4. The van der Waals surface area contributed by atoms with E-state index in [0.29, 0.717) is 15.9 Å². The molecule has 1 aromatic rings. The van der Waals surface area contributed by atoms with Gasteiger partial charge in [0.1, 0.15) is 0 Å². The Kier molecular flexibility index (Phi) is 4.13. The van der Waals surface area contributed by atoms with Crippen LogP contribution in [-0.4, -0.2) is 24.5 Å². The summed E-state index contributed by atoms with van der Waals surface area (Å²) >= 11 is 11.4. The molecule has 0 spiro atoms. The third kappa shape index (κ3) is 3.14. The average molecular weight is 234 g/mol. The molecule has 0 aliphatic carbocycles. The van der Waals surface area contributed by atoms with E-state index >= 15 is 0 Å². The zero-order valence-electron chi connectivity index (χ0n) is 7.47. The monoisotopic (exact) mass is 233 g/mol. The van der Waals surface area contributed by atoms with E-state index in [1.165, 1.54) is 12.3 Å². The number of aromatic nitrogens is 1. The Hall–Kier alpha value is -0.840. The van der Waals surface area contributed by atoms with Crippen LogP contribution in [0, 0.1) is 0 Å². The van der Waals surface area contributed by atoms with Crippen LogP contribution < -0.4 is 10.6 Å². The van der Waals surface area contributed by atoms with E-state index in [0.717, 1.165) is 0 Å². The van der Waals surface area contributed by atoms with Gasteiger partial charge in [0, 0.05) is 6.20 Å². The van der Waals surface area contributed by atoms with Gasteiger partial charge in [-0.25, -0.2) is 4.98 Å². The molecule has 1 rings (SSSR count). The zero-order chi connectivity index (χ0) is 10.6. The summed E-state index contributed by atoms with van der Waals surface area (Å²) in [5.74, 6) is 0.112. The number of hydrogen-bond acceptors (Lipinski definition) is 3. The molecule has 0 aromatic carbocycles. The van der Waals surface area contributed by atoms with Gasteiger partial charge in [0.05, 0.1) is 16.6 Å². The van der Waals surface area contributed by atoms with Crippen LogP contribution in [0.1, 0.15) is 0 Å². The molecule has 0 unspecified atom stereocenters. The molecule has 0 fully saturated rings. The van der Waals surface area contributed by atoms with Crippen molar-refractivity contribution >= 4 is 34.9 Å². The number of rotatable bonds is 3. The average Bonchev–Trinajstić information content (AvgIpc) is 2.10. The number of pyridine rings is 1. The summed E-state index contributed by atoms with van der Waals surface area (Å²) in [7, 11) is 1.68. The molecule has 6 heteroatoms. The Morgan fingerprint density at radius 2 is 2.29 bits per heavy atom. The molecular weight excluding hydrogens is 225 g/mol. The number of carbonyl (C=O) groups is 1. The second kappa shape index (κ2) is 5.14. The summed E-state index contributed by atoms with van der Waals surface area (Å²) in [4.78, 5) is 15.0. The normalized spacial score (nSPS) is 9.93. The number of carbonyl (C=O) groups excluding carboxylic acids is 1. The molecule has 2 N–H and O–H groups in total. The highest BCUT2D eigenvalue weighted by molar-refractivity contribution is 6.36. The first-order valence-corrected chi connectivity index (χ1v) is 4.64. The van der Waals surface area contributed by atoms with Crippen LogP contribution in [0.5, 0.6) is 0 Å². The number of amides is 1. The topological polar surface area (TPSA) is 54.0 Å². The molecular formula is C8H9Cl2N3O. The molecule has 0 aliphatic heterocycles. The number of halogens is 2. The van der Waals surface area contributed by atoms with E-state index in [1.54, 1.807) is 7.05 Å². The largest absolute Gasteiger partial charge is 0.311 e. The Balaban J connectivity index is 2.72. The fourth-order valence-electron chi connectivity index (χ4n) is 0.843. The highest BCUT2D eigenvalue weighted by Gasteiger charge is 2.06. The quantitative estimate of drug-likeness (QED) is 0.834. The number of nitrogens with zero attached hydrogens (tertiary/aromatic N) is 1.